The van der Waals surface area contributed by atoms with E-state index in [2.05, 4.69) is 50.5 Å². The summed E-state index contributed by atoms with van der Waals surface area (Å²) in [5.74, 6) is 0.0557. The van der Waals surface area contributed by atoms with E-state index in [1.165, 1.54) is 33.5 Å². The standard InChI is InChI=1S/C23H23N5OS2/c1-15-10-16(2)26-23(25-15)30-14-21(29)27-22-19(11-24)18-8-9-28(13-20(18)31-22)12-17-6-4-3-5-7-17/h3-7,10H,8-9,12-14H2,1-2H3,(H,27,29). The number of nitrogens with zero attached hydrogens (tertiary/aromatic N) is 4. The molecule has 0 atom stereocenters. The number of aryl methyl sites for hydroxylation is 2. The van der Waals surface area contributed by atoms with Crippen LogP contribution in [0, 0.1) is 25.2 Å². The van der Waals surface area contributed by atoms with Crippen molar-refractivity contribution < 1.29 is 4.79 Å². The number of anilines is 1. The molecule has 8 heteroatoms. The number of aromatic nitrogens is 2. The lowest BCUT2D eigenvalue weighted by Crippen LogP contribution is -2.29. The Bertz CT molecular complexity index is 1120. The molecule has 0 unspecified atom stereocenters. The minimum absolute atomic E-state index is 0.149. The third kappa shape index (κ3) is 5.31. The normalized spacial score (nSPS) is 13.5. The molecule has 1 amide bonds. The molecule has 0 radical (unpaired) electrons. The van der Waals surface area contributed by atoms with Crippen LogP contribution < -0.4 is 5.32 Å². The zero-order chi connectivity index (χ0) is 21.8. The quantitative estimate of drug-likeness (QED) is 0.446. The maximum absolute atomic E-state index is 12.5. The molecule has 4 rings (SSSR count). The summed E-state index contributed by atoms with van der Waals surface area (Å²) < 4.78 is 0. The van der Waals surface area contributed by atoms with Gasteiger partial charge in [0.2, 0.25) is 5.91 Å². The van der Waals surface area contributed by atoms with E-state index in [0.717, 1.165) is 43.0 Å². The summed E-state index contributed by atoms with van der Waals surface area (Å²) in [4.78, 5) is 24.8. The Morgan fingerprint density at radius 3 is 2.71 bits per heavy atom. The average Bonchev–Trinajstić information content (AvgIpc) is 3.08. The molecule has 0 saturated carbocycles. The Hall–Kier alpha value is -2.73. The molecule has 31 heavy (non-hydrogen) atoms. The lowest BCUT2D eigenvalue weighted by molar-refractivity contribution is -0.113. The fourth-order valence-corrected chi connectivity index (χ4v) is 5.70. The smallest absolute Gasteiger partial charge is 0.235 e. The van der Waals surface area contributed by atoms with Crippen molar-refractivity contribution in [3.63, 3.8) is 0 Å². The van der Waals surface area contributed by atoms with E-state index in [4.69, 9.17) is 0 Å². The molecule has 0 bridgehead atoms. The van der Waals surface area contributed by atoms with Crippen LogP contribution in [-0.4, -0.2) is 33.1 Å². The van der Waals surface area contributed by atoms with Gasteiger partial charge >= 0.3 is 0 Å². The van der Waals surface area contributed by atoms with E-state index < -0.39 is 0 Å². The number of rotatable bonds is 6. The molecule has 0 spiro atoms. The van der Waals surface area contributed by atoms with Gasteiger partial charge in [0, 0.05) is 35.9 Å². The summed E-state index contributed by atoms with van der Waals surface area (Å²) in [6, 6.07) is 14.6. The second kappa shape index (κ2) is 9.60. The highest BCUT2D eigenvalue weighted by Gasteiger charge is 2.25. The Labute approximate surface area is 190 Å². The van der Waals surface area contributed by atoms with Crippen LogP contribution in [0.4, 0.5) is 5.00 Å². The number of hydrogen-bond acceptors (Lipinski definition) is 7. The van der Waals surface area contributed by atoms with E-state index >= 15 is 0 Å². The van der Waals surface area contributed by atoms with Gasteiger partial charge < -0.3 is 5.32 Å². The average molecular weight is 450 g/mol. The monoisotopic (exact) mass is 449 g/mol. The Balaban J connectivity index is 1.41. The first kappa shape index (κ1) is 21.5. The molecule has 1 aliphatic rings. The number of amides is 1. The summed E-state index contributed by atoms with van der Waals surface area (Å²) in [6.07, 6.45) is 0.822. The van der Waals surface area contributed by atoms with E-state index in [1.54, 1.807) is 0 Å². The number of nitriles is 1. The second-order valence-electron chi connectivity index (χ2n) is 7.54. The van der Waals surface area contributed by atoms with E-state index in [-0.39, 0.29) is 11.7 Å². The zero-order valence-corrected chi connectivity index (χ0v) is 19.1. The predicted molar refractivity (Wildman–Crippen MR) is 124 cm³/mol. The summed E-state index contributed by atoms with van der Waals surface area (Å²) in [5, 5.41) is 13.9. The molecule has 6 nitrogen and oxygen atoms in total. The highest BCUT2D eigenvalue weighted by atomic mass is 32.2. The molecule has 158 valence electrons. The van der Waals surface area contributed by atoms with Gasteiger partial charge in [-0.15, -0.1) is 11.3 Å². The molecule has 0 fully saturated rings. The van der Waals surface area contributed by atoms with Crippen LogP contribution in [0.1, 0.15) is 33.0 Å². The number of carbonyl (C=O) groups is 1. The van der Waals surface area contributed by atoms with Crippen LogP contribution in [0.3, 0.4) is 0 Å². The minimum Gasteiger partial charge on any atom is -0.316 e. The van der Waals surface area contributed by atoms with Crippen molar-refractivity contribution in [3.05, 3.63) is 69.4 Å². The number of thiophene rings is 1. The Kier molecular flexibility index (Phi) is 6.66. The third-order valence-corrected chi connectivity index (χ3v) is 7.02. The number of thioether (sulfide) groups is 1. The van der Waals surface area contributed by atoms with E-state index in [0.29, 0.717) is 15.7 Å². The second-order valence-corrected chi connectivity index (χ2v) is 9.58. The maximum atomic E-state index is 12.5. The van der Waals surface area contributed by atoms with Crippen molar-refractivity contribution in [1.29, 1.82) is 5.26 Å². The molecule has 1 aromatic carbocycles. The summed E-state index contributed by atoms with van der Waals surface area (Å²) in [5.41, 5.74) is 4.74. The van der Waals surface area contributed by atoms with Gasteiger partial charge in [-0.25, -0.2) is 9.97 Å². The van der Waals surface area contributed by atoms with Gasteiger partial charge in [0.25, 0.3) is 0 Å². The highest BCUT2D eigenvalue weighted by molar-refractivity contribution is 7.99. The first-order valence-corrected chi connectivity index (χ1v) is 11.9. The molecule has 0 saturated heterocycles. The first-order valence-electron chi connectivity index (χ1n) is 10.1. The van der Waals surface area contributed by atoms with E-state index in [9.17, 15) is 10.1 Å². The molecule has 2 aromatic heterocycles. The number of hydrogen-bond donors (Lipinski definition) is 1. The van der Waals surface area contributed by atoms with Crippen LogP contribution in [0.5, 0.6) is 0 Å². The van der Waals surface area contributed by atoms with Crippen molar-refractivity contribution in [1.82, 2.24) is 14.9 Å². The van der Waals surface area contributed by atoms with Gasteiger partial charge in [-0.05, 0) is 37.5 Å². The minimum atomic E-state index is -0.149. The number of benzene rings is 1. The summed E-state index contributed by atoms with van der Waals surface area (Å²) >= 11 is 2.82. The summed E-state index contributed by atoms with van der Waals surface area (Å²) in [6.45, 7) is 6.41. The fraction of sp³-hybridized carbons (Fsp3) is 0.304. The fourth-order valence-electron chi connectivity index (χ4n) is 3.69. The van der Waals surface area contributed by atoms with Crippen LogP contribution in [0.2, 0.25) is 0 Å². The van der Waals surface area contributed by atoms with Gasteiger partial charge in [0.1, 0.15) is 11.1 Å². The van der Waals surface area contributed by atoms with Crippen LogP contribution in [0.15, 0.2) is 41.6 Å². The Morgan fingerprint density at radius 2 is 2.00 bits per heavy atom. The van der Waals surface area contributed by atoms with Crippen LogP contribution in [0.25, 0.3) is 0 Å². The van der Waals surface area contributed by atoms with Crippen molar-refractivity contribution in [3.8, 4) is 6.07 Å². The van der Waals surface area contributed by atoms with Gasteiger partial charge in [-0.2, -0.15) is 5.26 Å². The number of nitrogens with one attached hydrogen (secondary N) is 1. The van der Waals surface area contributed by atoms with Crippen molar-refractivity contribution in [2.45, 2.75) is 38.5 Å². The number of carbonyl (C=O) groups excluding carboxylic acids is 1. The molecule has 3 heterocycles. The molecule has 1 N–H and O–H groups in total. The zero-order valence-electron chi connectivity index (χ0n) is 17.5. The molecular formula is C23H23N5OS2. The van der Waals surface area contributed by atoms with Gasteiger partial charge in [-0.1, -0.05) is 42.1 Å². The molecule has 1 aliphatic heterocycles. The van der Waals surface area contributed by atoms with Gasteiger partial charge in [0.15, 0.2) is 5.16 Å². The molecule has 0 aliphatic carbocycles. The maximum Gasteiger partial charge on any atom is 0.235 e. The van der Waals surface area contributed by atoms with Gasteiger partial charge in [0.05, 0.1) is 11.3 Å². The Morgan fingerprint density at radius 1 is 1.26 bits per heavy atom. The SMILES string of the molecule is Cc1cc(C)nc(SCC(=O)Nc2sc3c(c2C#N)CCN(Cc2ccccc2)C3)n1. The topological polar surface area (TPSA) is 81.9 Å². The third-order valence-electron chi connectivity index (χ3n) is 5.04. The molecule has 3 aromatic rings. The summed E-state index contributed by atoms with van der Waals surface area (Å²) in [7, 11) is 0. The largest absolute Gasteiger partial charge is 0.316 e. The first-order chi connectivity index (χ1) is 15.0. The van der Waals surface area contributed by atoms with Crippen molar-refractivity contribution >= 4 is 34.0 Å². The highest BCUT2D eigenvalue weighted by Crippen LogP contribution is 2.37. The number of fused-ring (bicyclic) bond motifs is 1. The predicted octanol–water partition coefficient (Wildman–Crippen LogP) is 4.32. The van der Waals surface area contributed by atoms with Crippen LogP contribution >= 0.6 is 23.1 Å². The lowest BCUT2D eigenvalue weighted by atomic mass is 10.0. The van der Waals surface area contributed by atoms with Gasteiger partial charge in [-0.3, -0.25) is 9.69 Å². The molecular weight excluding hydrogens is 426 g/mol. The lowest BCUT2D eigenvalue weighted by Gasteiger charge is -2.26. The van der Waals surface area contributed by atoms with Crippen molar-refractivity contribution in [2.75, 3.05) is 17.6 Å². The van der Waals surface area contributed by atoms with Crippen LogP contribution in [-0.2, 0) is 24.3 Å². The van der Waals surface area contributed by atoms with E-state index in [1.807, 2.05) is 26.0 Å². The van der Waals surface area contributed by atoms with Crippen molar-refractivity contribution in [2.24, 2.45) is 0 Å².